The monoisotopic (exact) mass is 480 g/mol. The number of carbonyl (C=O) groups is 2. The van der Waals surface area contributed by atoms with Gasteiger partial charge in [0.25, 0.3) is 11.7 Å². The van der Waals surface area contributed by atoms with Gasteiger partial charge in [-0.2, -0.15) is 0 Å². The summed E-state index contributed by atoms with van der Waals surface area (Å²) in [4.78, 5) is 30.2. The molecule has 1 amide bonds. The number of fused-ring (bicyclic) bond motifs is 1. The molecule has 0 spiro atoms. The molecule has 35 heavy (non-hydrogen) atoms. The normalized spacial score (nSPS) is 18.9. The Kier molecular flexibility index (Phi) is 7.60. The zero-order valence-corrected chi connectivity index (χ0v) is 20.5. The van der Waals surface area contributed by atoms with Gasteiger partial charge in [-0.1, -0.05) is 26.0 Å². The highest BCUT2D eigenvalue weighted by atomic mass is 16.6. The Hall–Kier alpha value is -3.52. The summed E-state index contributed by atoms with van der Waals surface area (Å²) < 4.78 is 16.5. The minimum absolute atomic E-state index is 0.0692. The van der Waals surface area contributed by atoms with E-state index in [2.05, 4.69) is 18.7 Å². The Labute approximate surface area is 205 Å². The fourth-order valence-electron chi connectivity index (χ4n) is 4.59. The first-order valence-corrected chi connectivity index (χ1v) is 12.0. The van der Waals surface area contributed by atoms with Crippen LogP contribution < -0.4 is 14.2 Å². The highest BCUT2D eigenvalue weighted by Crippen LogP contribution is 2.41. The predicted molar refractivity (Wildman–Crippen MR) is 132 cm³/mol. The average Bonchev–Trinajstić information content (AvgIpc) is 3.15. The summed E-state index contributed by atoms with van der Waals surface area (Å²) in [6, 6.07) is 11.5. The molecule has 2 aromatic rings. The van der Waals surface area contributed by atoms with Crippen molar-refractivity contribution in [3.8, 4) is 17.2 Å². The van der Waals surface area contributed by atoms with Gasteiger partial charge in [0.2, 0.25) is 0 Å². The molecule has 1 N–H and O–H groups in total. The van der Waals surface area contributed by atoms with Crippen LogP contribution in [0.25, 0.3) is 5.76 Å². The van der Waals surface area contributed by atoms with E-state index < -0.39 is 17.7 Å². The molecular weight excluding hydrogens is 448 g/mol. The molecule has 0 aromatic heterocycles. The second-order valence-corrected chi connectivity index (χ2v) is 8.50. The Bertz CT molecular complexity index is 1110. The first-order chi connectivity index (χ1) is 17.0. The molecule has 1 atom stereocenters. The molecule has 0 aliphatic carbocycles. The number of hydrogen-bond donors (Lipinski definition) is 1. The summed E-state index contributed by atoms with van der Waals surface area (Å²) in [5.41, 5.74) is 1.19. The zero-order valence-electron chi connectivity index (χ0n) is 20.5. The quantitative estimate of drug-likeness (QED) is 0.333. The third-order valence-corrected chi connectivity index (χ3v) is 6.55. The summed E-state index contributed by atoms with van der Waals surface area (Å²) >= 11 is 0. The number of Topliss-reactive ketones (excluding diaryl/α,β-unsaturated/α-hetero) is 1. The molecular formula is C27H32N2O6. The van der Waals surface area contributed by atoms with Crippen LogP contribution in [0.1, 0.15) is 37.4 Å². The van der Waals surface area contributed by atoms with E-state index in [1.165, 1.54) is 0 Å². The largest absolute Gasteiger partial charge is 0.507 e. The lowest BCUT2D eigenvalue weighted by Crippen LogP contribution is -2.33. The van der Waals surface area contributed by atoms with Crippen LogP contribution in [0.4, 0.5) is 0 Å². The van der Waals surface area contributed by atoms with E-state index in [-0.39, 0.29) is 11.3 Å². The Morgan fingerprint density at radius 3 is 2.40 bits per heavy atom. The predicted octanol–water partition coefficient (Wildman–Crippen LogP) is 3.62. The highest BCUT2D eigenvalue weighted by Gasteiger charge is 2.45. The second kappa shape index (κ2) is 10.8. The summed E-state index contributed by atoms with van der Waals surface area (Å²) in [7, 11) is 1.58. The van der Waals surface area contributed by atoms with Gasteiger partial charge in [-0.05, 0) is 62.0 Å². The van der Waals surface area contributed by atoms with E-state index in [4.69, 9.17) is 14.2 Å². The first kappa shape index (κ1) is 24.6. The number of hydrogen-bond acceptors (Lipinski definition) is 7. The third kappa shape index (κ3) is 4.98. The van der Waals surface area contributed by atoms with Crippen molar-refractivity contribution in [1.82, 2.24) is 9.80 Å². The topological polar surface area (TPSA) is 88.5 Å². The molecule has 4 rings (SSSR count). The van der Waals surface area contributed by atoms with E-state index in [1.807, 2.05) is 12.1 Å². The number of amides is 1. The molecule has 0 bridgehead atoms. The summed E-state index contributed by atoms with van der Waals surface area (Å²) in [5, 5.41) is 11.3. The van der Waals surface area contributed by atoms with Gasteiger partial charge in [-0.15, -0.1) is 0 Å². The lowest BCUT2D eigenvalue weighted by Gasteiger charge is -2.27. The van der Waals surface area contributed by atoms with Crippen LogP contribution in [-0.4, -0.2) is 73.1 Å². The van der Waals surface area contributed by atoms with Crippen LogP contribution in [0.2, 0.25) is 0 Å². The van der Waals surface area contributed by atoms with Gasteiger partial charge < -0.3 is 29.1 Å². The van der Waals surface area contributed by atoms with Gasteiger partial charge in [0.05, 0.1) is 18.7 Å². The third-order valence-electron chi connectivity index (χ3n) is 6.55. The molecule has 2 heterocycles. The van der Waals surface area contributed by atoms with E-state index in [0.29, 0.717) is 49.0 Å². The second-order valence-electron chi connectivity index (χ2n) is 8.50. The Morgan fingerprint density at radius 2 is 1.74 bits per heavy atom. The number of ether oxygens (including phenoxy) is 3. The van der Waals surface area contributed by atoms with Crippen molar-refractivity contribution in [2.45, 2.75) is 26.3 Å². The van der Waals surface area contributed by atoms with Crippen molar-refractivity contribution in [2.24, 2.45) is 0 Å². The summed E-state index contributed by atoms with van der Waals surface area (Å²) in [6.45, 7) is 8.10. The fraction of sp³-hybridized carbons (Fsp3) is 0.407. The van der Waals surface area contributed by atoms with Crippen LogP contribution in [0.5, 0.6) is 17.2 Å². The minimum Gasteiger partial charge on any atom is -0.507 e. The molecule has 0 radical (unpaired) electrons. The Morgan fingerprint density at radius 1 is 1.06 bits per heavy atom. The van der Waals surface area contributed by atoms with Gasteiger partial charge in [0.1, 0.15) is 24.7 Å². The van der Waals surface area contributed by atoms with Gasteiger partial charge in [-0.3, -0.25) is 9.59 Å². The SMILES string of the molecule is CCN(CC)CCCN1C(=O)C(=O)/C(=C(/O)c2ccc3c(c2)OCCO3)C1c1ccc(OC)cc1. The van der Waals surface area contributed by atoms with Crippen molar-refractivity contribution < 1.29 is 28.9 Å². The number of ketones is 1. The number of rotatable bonds is 9. The molecule has 1 fully saturated rings. The number of aliphatic hydroxyl groups is 1. The van der Waals surface area contributed by atoms with Gasteiger partial charge in [0, 0.05) is 12.1 Å². The lowest BCUT2D eigenvalue weighted by atomic mass is 9.95. The standard InChI is InChI=1S/C27H32N2O6/c1-4-28(5-2)13-6-14-29-24(18-7-10-20(33-3)11-8-18)23(26(31)27(29)32)25(30)19-9-12-21-22(17-19)35-16-15-34-21/h7-12,17,24,30H,4-6,13-16H2,1-3H3/b25-23+. The highest BCUT2D eigenvalue weighted by molar-refractivity contribution is 6.46. The molecule has 186 valence electrons. The zero-order chi connectivity index (χ0) is 24.9. The molecule has 1 unspecified atom stereocenters. The summed E-state index contributed by atoms with van der Waals surface area (Å²) in [6.07, 6.45) is 0.714. The van der Waals surface area contributed by atoms with Gasteiger partial charge in [0.15, 0.2) is 11.5 Å². The van der Waals surface area contributed by atoms with Gasteiger partial charge >= 0.3 is 0 Å². The van der Waals surface area contributed by atoms with Crippen LogP contribution >= 0.6 is 0 Å². The van der Waals surface area contributed by atoms with Crippen LogP contribution in [0, 0.1) is 0 Å². The van der Waals surface area contributed by atoms with Crippen LogP contribution in [0.3, 0.4) is 0 Å². The molecule has 8 heteroatoms. The maximum Gasteiger partial charge on any atom is 0.295 e. The maximum absolute atomic E-state index is 13.2. The molecule has 2 aromatic carbocycles. The van der Waals surface area contributed by atoms with E-state index in [1.54, 1.807) is 42.3 Å². The smallest absolute Gasteiger partial charge is 0.295 e. The Balaban J connectivity index is 1.73. The van der Waals surface area contributed by atoms with Crippen molar-refractivity contribution in [2.75, 3.05) is 46.5 Å². The van der Waals surface area contributed by atoms with Crippen molar-refractivity contribution in [3.63, 3.8) is 0 Å². The van der Waals surface area contributed by atoms with E-state index in [9.17, 15) is 14.7 Å². The minimum atomic E-state index is -0.703. The van der Waals surface area contributed by atoms with Crippen molar-refractivity contribution >= 4 is 17.4 Å². The number of aliphatic hydroxyl groups excluding tert-OH is 1. The van der Waals surface area contributed by atoms with Crippen LogP contribution in [0.15, 0.2) is 48.0 Å². The van der Waals surface area contributed by atoms with E-state index >= 15 is 0 Å². The maximum atomic E-state index is 13.2. The summed E-state index contributed by atoms with van der Waals surface area (Å²) in [5.74, 6) is 0.211. The van der Waals surface area contributed by atoms with E-state index in [0.717, 1.165) is 25.2 Å². The van der Waals surface area contributed by atoms with Crippen molar-refractivity contribution in [3.05, 3.63) is 59.2 Å². The molecule has 2 aliphatic heterocycles. The van der Waals surface area contributed by atoms with Crippen LogP contribution in [-0.2, 0) is 9.59 Å². The lowest BCUT2D eigenvalue weighted by molar-refractivity contribution is -0.140. The molecule has 1 saturated heterocycles. The fourth-order valence-corrected chi connectivity index (χ4v) is 4.59. The number of likely N-dealkylation sites (tertiary alicyclic amines) is 1. The number of benzene rings is 2. The van der Waals surface area contributed by atoms with Gasteiger partial charge in [-0.25, -0.2) is 0 Å². The number of nitrogens with zero attached hydrogens (tertiary/aromatic N) is 2. The number of methoxy groups -OCH3 is 1. The number of carbonyl (C=O) groups excluding carboxylic acids is 2. The average molecular weight is 481 g/mol. The van der Waals surface area contributed by atoms with Crippen molar-refractivity contribution in [1.29, 1.82) is 0 Å². The molecule has 8 nitrogen and oxygen atoms in total. The first-order valence-electron chi connectivity index (χ1n) is 12.0. The molecule has 0 saturated carbocycles. The molecule has 2 aliphatic rings.